The van der Waals surface area contributed by atoms with Gasteiger partial charge in [0, 0.05) is 50.4 Å². The van der Waals surface area contributed by atoms with Crippen LogP contribution in [0.3, 0.4) is 0 Å². The molecule has 394 valence electrons. The van der Waals surface area contributed by atoms with Crippen LogP contribution in [0.25, 0.3) is 10.4 Å². The van der Waals surface area contributed by atoms with Crippen molar-refractivity contribution in [3.63, 3.8) is 0 Å². The highest BCUT2D eigenvalue weighted by Gasteiger charge is 2.45. The van der Waals surface area contributed by atoms with Crippen LogP contribution in [0.4, 0.5) is 20.2 Å². The molecular weight excluding hydrogens is 980 g/mol. The number of aliphatic hydroxyl groups is 1. The molecule has 1 saturated heterocycles. The first-order valence-corrected chi connectivity index (χ1v) is 25.7. The molecule has 3 aliphatic rings. The Morgan fingerprint density at radius 2 is 1.64 bits per heavy atom. The molecule has 3 aliphatic heterocycles. The number of rotatable bonds is 20. The molecule has 7 atom stereocenters. The SMILES string of the molecule is Cc1ncsc1-c1ccc([C@H](C)NC(=O)[C@@H]2C[C@@H](O)CN2C(=O)[C@@H](NC(=O)CCCCCc2c(F)ccc(NC[C@H](CCC(N)=O)NC(=O)[C@@H]3Cc4cccc5c4N3C(=O)[C@@H](N)CC5)c2F)C(C)(C)C)cc1.Cl. The van der Waals surface area contributed by atoms with Crippen molar-refractivity contribution in [3.8, 4) is 10.4 Å². The Bertz CT molecular complexity index is 2670. The van der Waals surface area contributed by atoms with E-state index in [2.05, 4.69) is 26.3 Å². The number of nitrogens with zero attached hydrogens (tertiary/aromatic N) is 3. The van der Waals surface area contributed by atoms with Crippen molar-refractivity contribution in [3.05, 3.63) is 99.7 Å². The van der Waals surface area contributed by atoms with Gasteiger partial charge in [-0.3, -0.25) is 33.7 Å². The molecule has 4 aromatic rings. The molecule has 9 N–H and O–H groups in total. The summed E-state index contributed by atoms with van der Waals surface area (Å²) < 4.78 is 31.1. The van der Waals surface area contributed by atoms with Gasteiger partial charge in [-0.15, -0.1) is 23.7 Å². The summed E-state index contributed by atoms with van der Waals surface area (Å²) >= 11 is 1.55. The lowest BCUT2D eigenvalue weighted by Crippen LogP contribution is -2.57. The minimum Gasteiger partial charge on any atom is -0.391 e. The van der Waals surface area contributed by atoms with Crippen molar-refractivity contribution < 1.29 is 42.7 Å². The van der Waals surface area contributed by atoms with Crippen LogP contribution in [0.15, 0.2) is 60.1 Å². The maximum atomic E-state index is 16.0. The van der Waals surface area contributed by atoms with Gasteiger partial charge in [-0.25, -0.2) is 13.8 Å². The van der Waals surface area contributed by atoms with Crippen molar-refractivity contribution in [2.75, 3.05) is 23.3 Å². The third-order valence-corrected chi connectivity index (χ3v) is 14.9. The van der Waals surface area contributed by atoms with Gasteiger partial charge >= 0.3 is 0 Å². The van der Waals surface area contributed by atoms with Crippen LogP contribution in [0, 0.1) is 24.0 Å². The molecule has 0 spiro atoms. The highest BCUT2D eigenvalue weighted by molar-refractivity contribution is 7.13. The largest absolute Gasteiger partial charge is 0.391 e. The first kappa shape index (κ1) is 56.3. The number of nitrogens with two attached hydrogens (primary N) is 2. The Morgan fingerprint density at radius 1 is 0.932 bits per heavy atom. The van der Waals surface area contributed by atoms with E-state index in [1.54, 1.807) is 37.6 Å². The Labute approximate surface area is 435 Å². The number of thiazole rings is 1. The van der Waals surface area contributed by atoms with Crippen molar-refractivity contribution in [1.29, 1.82) is 0 Å². The van der Waals surface area contributed by atoms with Gasteiger partial charge < -0.3 is 42.7 Å². The quantitative estimate of drug-likeness (QED) is 0.0534. The van der Waals surface area contributed by atoms with Gasteiger partial charge in [-0.2, -0.15) is 0 Å². The van der Waals surface area contributed by atoms with Crippen molar-refractivity contribution in [2.24, 2.45) is 16.9 Å². The third-order valence-electron chi connectivity index (χ3n) is 14.0. The van der Waals surface area contributed by atoms with Crippen LogP contribution in [-0.2, 0) is 48.0 Å². The Balaban J connectivity index is 0.00000869. The van der Waals surface area contributed by atoms with Crippen LogP contribution in [0.5, 0.6) is 0 Å². The fourth-order valence-electron chi connectivity index (χ4n) is 9.91. The zero-order valence-electron chi connectivity index (χ0n) is 42.0. The Hall–Kier alpha value is -6.02. The molecule has 20 heteroatoms. The fraction of sp³-hybridized carbons (Fsp3) is 0.491. The lowest BCUT2D eigenvalue weighted by Gasteiger charge is -2.35. The third kappa shape index (κ3) is 13.4. The minimum atomic E-state index is -1.02. The molecule has 0 aliphatic carbocycles. The molecule has 6 amide bonds. The van der Waals surface area contributed by atoms with E-state index in [1.165, 1.54) is 15.9 Å². The van der Waals surface area contributed by atoms with Crippen LogP contribution in [-0.4, -0.2) is 99.8 Å². The Morgan fingerprint density at radius 3 is 2.33 bits per heavy atom. The number of likely N-dealkylation sites (tertiary alicyclic amines) is 1. The molecule has 4 heterocycles. The first-order valence-electron chi connectivity index (χ1n) is 24.8. The molecule has 0 radical (unpaired) electrons. The summed E-state index contributed by atoms with van der Waals surface area (Å²) in [7, 11) is 0. The number of β-amino-alcohol motifs (C(OH)–C–C–N with tert-alkyl or cyclic N) is 1. The minimum absolute atomic E-state index is 0. The summed E-state index contributed by atoms with van der Waals surface area (Å²) in [6.07, 6.45) is 1.66. The molecule has 16 nitrogen and oxygen atoms in total. The van der Waals surface area contributed by atoms with E-state index in [-0.39, 0.29) is 81.2 Å². The number of aryl methyl sites for hydroxylation is 2. The number of carbonyl (C=O) groups is 6. The molecule has 0 bridgehead atoms. The van der Waals surface area contributed by atoms with E-state index >= 15 is 8.78 Å². The predicted octanol–water partition coefficient (Wildman–Crippen LogP) is 5.69. The van der Waals surface area contributed by atoms with E-state index in [0.717, 1.165) is 38.9 Å². The summed E-state index contributed by atoms with van der Waals surface area (Å²) in [5.41, 5.74) is 17.9. The van der Waals surface area contributed by atoms with E-state index in [0.29, 0.717) is 37.8 Å². The second-order valence-electron chi connectivity index (χ2n) is 20.4. The maximum absolute atomic E-state index is 16.0. The topological polar surface area (TPSA) is 242 Å². The van der Waals surface area contributed by atoms with E-state index < -0.39 is 88.9 Å². The number of hydrogen-bond donors (Lipinski definition) is 7. The van der Waals surface area contributed by atoms with Crippen molar-refractivity contribution in [1.82, 2.24) is 25.8 Å². The van der Waals surface area contributed by atoms with Gasteiger partial charge in [0.25, 0.3) is 0 Å². The zero-order valence-corrected chi connectivity index (χ0v) is 43.6. The molecule has 73 heavy (non-hydrogen) atoms. The number of nitrogens with one attached hydrogen (secondary N) is 4. The second kappa shape index (κ2) is 24.3. The highest BCUT2D eigenvalue weighted by atomic mass is 35.5. The summed E-state index contributed by atoms with van der Waals surface area (Å²) in [5.74, 6) is -4.26. The average molecular weight is 1050 g/mol. The Kier molecular flexibility index (Phi) is 18.8. The number of unbranched alkanes of at least 4 members (excludes halogenated alkanes) is 2. The van der Waals surface area contributed by atoms with Crippen LogP contribution in [0.1, 0.15) is 113 Å². The van der Waals surface area contributed by atoms with Crippen molar-refractivity contribution >= 4 is 70.6 Å². The molecule has 1 fully saturated rings. The standard InChI is InChI=1S/C53H67F2N9O7S.ClH/c1-29(31-14-16-33(17-15-31)47-30(2)59-28-72-47)60-49(68)41-25-36(65)27-63(41)52(71)48(53(3,4)5)62-44(67)13-8-6-7-12-37-38(54)20-22-40(45(37)55)58-26-35(19-23-43(57)66)61-50(69)42-24-34-11-9-10-32-18-21-39(56)51(70)64(42)46(32)34;/h9-11,14-17,20,22,28-29,35-36,39,41-42,48,58,65H,6-8,12-13,18-19,21,23-27,56H2,1-5H3,(H2,57,66)(H,60,68)(H,61,69)(H,62,67);1H/t29-,35-,36+,39-,41-,42-,48+;/m0./s1. The van der Waals surface area contributed by atoms with E-state index in [4.69, 9.17) is 11.5 Å². The predicted molar refractivity (Wildman–Crippen MR) is 279 cm³/mol. The first-order chi connectivity index (χ1) is 34.2. The maximum Gasteiger partial charge on any atom is 0.246 e. The normalized spacial score (nSPS) is 19.5. The summed E-state index contributed by atoms with van der Waals surface area (Å²) in [4.78, 5) is 88.6. The number of para-hydroxylation sites is 1. The number of carbonyl (C=O) groups excluding carboxylic acids is 6. The number of benzene rings is 3. The summed E-state index contributed by atoms with van der Waals surface area (Å²) in [6, 6.07) is 11.2. The molecule has 3 aromatic carbocycles. The summed E-state index contributed by atoms with van der Waals surface area (Å²) in [6.45, 7) is 9.11. The van der Waals surface area contributed by atoms with Gasteiger partial charge in [0.05, 0.1) is 45.6 Å². The molecule has 0 saturated carbocycles. The van der Waals surface area contributed by atoms with Gasteiger partial charge in [0.2, 0.25) is 35.4 Å². The van der Waals surface area contributed by atoms with Gasteiger partial charge in [0.1, 0.15) is 23.9 Å². The molecular formula is C53H68ClF2N9O7S. The number of amides is 6. The number of aliphatic hydroxyl groups excluding tert-OH is 1. The molecule has 7 rings (SSSR count). The van der Waals surface area contributed by atoms with Gasteiger partial charge in [0.15, 0.2) is 5.82 Å². The molecule has 0 unspecified atom stereocenters. The lowest BCUT2D eigenvalue weighted by molar-refractivity contribution is -0.144. The number of hydrogen-bond acceptors (Lipinski definition) is 11. The molecule has 1 aromatic heterocycles. The smallest absolute Gasteiger partial charge is 0.246 e. The lowest BCUT2D eigenvalue weighted by atomic mass is 9.85. The van der Waals surface area contributed by atoms with E-state index in [9.17, 15) is 33.9 Å². The average Bonchev–Trinajstić information content (AvgIpc) is 4.05. The van der Waals surface area contributed by atoms with Gasteiger partial charge in [-0.1, -0.05) is 69.7 Å². The number of anilines is 2. The number of halogens is 3. The second-order valence-corrected chi connectivity index (χ2v) is 21.3. The fourth-order valence-corrected chi connectivity index (χ4v) is 10.7. The zero-order chi connectivity index (χ0) is 52.0. The monoisotopic (exact) mass is 1050 g/mol. The van der Waals surface area contributed by atoms with E-state index in [1.807, 2.05) is 56.3 Å². The highest BCUT2D eigenvalue weighted by Crippen LogP contribution is 2.39. The summed E-state index contributed by atoms with van der Waals surface area (Å²) in [5, 5.41) is 22.4. The van der Waals surface area contributed by atoms with Crippen LogP contribution < -0.4 is 37.6 Å². The van der Waals surface area contributed by atoms with Crippen LogP contribution >= 0.6 is 23.7 Å². The van der Waals surface area contributed by atoms with Crippen molar-refractivity contribution in [2.45, 2.75) is 148 Å². The van der Waals surface area contributed by atoms with Crippen LogP contribution in [0.2, 0.25) is 0 Å². The number of primary amides is 1. The van der Waals surface area contributed by atoms with Gasteiger partial charge in [-0.05, 0) is 92.2 Å². The number of aromatic nitrogens is 1.